The van der Waals surface area contributed by atoms with Gasteiger partial charge in [-0.2, -0.15) is 0 Å². The van der Waals surface area contributed by atoms with Gasteiger partial charge in [-0.1, -0.05) is 37.6 Å². The Morgan fingerprint density at radius 2 is 1.87 bits per heavy atom. The number of carbonyl (C=O) groups is 2. The van der Waals surface area contributed by atoms with Gasteiger partial charge >= 0.3 is 11.9 Å². The molecule has 3 saturated carbocycles. The number of nitrogens with zero attached hydrogens (tertiary/aromatic N) is 2. The maximum absolute atomic E-state index is 12.5. The van der Waals surface area contributed by atoms with Crippen LogP contribution in [0.2, 0.25) is 0 Å². The number of imidazole rings is 1. The highest BCUT2D eigenvalue weighted by atomic mass is 16.5. The van der Waals surface area contributed by atoms with E-state index in [1.165, 1.54) is 25.0 Å². The van der Waals surface area contributed by atoms with Gasteiger partial charge in [-0.05, 0) is 91.4 Å². The van der Waals surface area contributed by atoms with Crippen LogP contribution >= 0.6 is 0 Å². The summed E-state index contributed by atoms with van der Waals surface area (Å²) in [6, 6.07) is 6.06. The van der Waals surface area contributed by atoms with Crippen LogP contribution in [-0.2, 0) is 25.6 Å². The van der Waals surface area contributed by atoms with E-state index in [9.17, 15) is 9.59 Å². The molecule has 8 nitrogen and oxygen atoms in total. The summed E-state index contributed by atoms with van der Waals surface area (Å²) < 4.78 is 25.7. The van der Waals surface area contributed by atoms with E-state index >= 15 is 0 Å². The Kier molecular flexibility index (Phi) is 8.86. The third-order valence-electron chi connectivity index (χ3n) is 11.4. The van der Waals surface area contributed by atoms with Gasteiger partial charge in [-0.3, -0.25) is 9.59 Å². The summed E-state index contributed by atoms with van der Waals surface area (Å²) in [5.41, 5.74) is 3.70. The third kappa shape index (κ3) is 6.17. The standard InChI is InChI=1S/C37H48N2O6/c1-24(40)44-29-11-13-36(3)28(22-29)8-9-30-31(36)12-14-37(4)32(30)21-27(35(37)45-25(2)41)19-26-7-10-33(34(20-26)42-5)43-18-6-16-39-17-15-38-23-39/h7-8,10,15,17,19-20,23,29-32,35H,6,9,11-14,16,18,21-22H2,1-5H3/b27-19-/t29-,30+,31-,32-,35?,36-,37-/m0/s1. The summed E-state index contributed by atoms with van der Waals surface area (Å²) in [5, 5.41) is 0. The molecule has 45 heavy (non-hydrogen) atoms. The van der Waals surface area contributed by atoms with Crippen LogP contribution in [0.25, 0.3) is 6.08 Å². The van der Waals surface area contributed by atoms with Gasteiger partial charge in [0.2, 0.25) is 0 Å². The number of aromatic nitrogens is 2. The number of hydrogen-bond acceptors (Lipinski definition) is 7. The van der Waals surface area contributed by atoms with E-state index in [1.807, 2.05) is 29.2 Å². The molecule has 8 heteroatoms. The molecule has 6 rings (SSSR count). The van der Waals surface area contributed by atoms with Gasteiger partial charge in [0.15, 0.2) is 11.5 Å². The molecule has 7 atom stereocenters. The zero-order chi connectivity index (χ0) is 31.8. The largest absolute Gasteiger partial charge is 0.493 e. The van der Waals surface area contributed by atoms with E-state index in [4.69, 9.17) is 18.9 Å². The Bertz CT molecular complexity index is 1460. The summed E-state index contributed by atoms with van der Waals surface area (Å²) in [6.07, 6.45) is 17.8. The second-order valence-corrected chi connectivity index (χ2v) is 14.1. The highest BCUT2D eigenvalue weighted by Gasteiger charge is 2.61. The molecule has 1 heterocycles. The van der Waals surface area contributed by atoms with Crippen molar-refractivity contribution in [3.05, 3.63) is 59.7 Å². The topological polar surface area (TPSA) is 88.9 Å². The maximum atomic E-state index is 12.5. The lowest BCUT2D eigenvalue weighted by molar-refractivity contribution is -0.154. The number of ether oxygens (including phenoxy) is 4. The van der Waals surface area contributed by atoms with E-state index in [0.29, 0.717) is 30.1 Å². The average molecular weight is 617 g/mol. The molecule has 1 unspecified atom stereocenters. The van der Waals surface area contributed by atoms with Crippen LogP contribution in [0.1, 0.15) is 84.6 Å². The zero-order valence-corrected chi connectivity index (χ0v) is 27.4. The minimum Gasteiger partial charge on any atom is -0.493 e. The van der Waals surface area contributed by atoms with Crippen LogP contribution in [0.5, 0.6) is 11.5 Å². The van der Waals surface area contributed by atoms with Gasteiger partial charge < -0.3 is 23.5 Å². The van der Waals surface area contributed by atoms with E-state index in [0.717, 1.165) is 69.2 Å². The maximum Gasteiger partial charge on any atom is 0.303 e. The molecule has 4 aliphatic rings. The lowest BCUT2D eigenvalue weighted by atomic mass is 9.48. The predicted molar refractivity (Wildman–Crippen MR) is 172 cm³/mol. The monoisotopic (exact) mass is 616 g/mol. The van der Waals surface area contributed by atoms with Gasteiger partial charge in [0.1, 0.15) is 12.2 Å². The van der Waals surface area contributed by atoms with Gasteiger partial charge in [0.25, 0.3) is 0 Å². The molecule has 0 N–H and O–H groups in total. The zero-order valence-electron chi connectivity index (χ0n) is 27.4. The van der Waals surface area contributed by atoms with E-state index in [2.05, 4.69) is 37.0 Å². The Balaban J connectivity index is 1.22. The minimum absolute atomic E-state index is 0.00212. The van der Waals surface area contributed by atoms with Crippen molar-refractivity contribution in [2.75, 3.05) is 13.7 Å². The molecular formula is C37H48N2O6. The fourth-order valence-corrected chi connectivity index (χ4v) is 9.27. The van der Waals surface area contributed by atoms with Gasteiger partial charge in [0, 0.05) is 44.6 Å². The third-order valence-corrected chi connectivity index (χ3v) is 11.4. The van der Waals surface area contributed by atoms with E-state index in [-0.39, 0.29) is 35.0 Å². The molecule has 0 spiro atoms. The first-order chi connectivity index (χ1) is 21.6. The van der Waals surface area contributed by atoms with Crippen molar-refractivity contribution in [1.29, 1.82) is 0 Å². The average Bonchev–Trinajstić information content (AvgIpc) is 3.62. The summed E-state index contributed by atoms with van der Waals surface area (Å²) in [7, 11) is 1.67. The molecule has 3 fully saturated rings. The number of fused-ring (bicyclic) bond motifs is 5. The first-order valence-corrected chi connectivity index (χ1v) is 16.6. The number of allylic oxidation sites excluding steroid dienone is 1. The minimum atomic E-state index is -0.246. The van der Waals surface area contributed by atoms with Crippen molar-refractivity contribution in [3.63, 3.8) is 0 Å². The first kappa shape index (κ1) is 31.4. The molecule has 0 aliphatic heterocycles. The van der Waals surface area contributed by atoms with Crippen LogP contribution < -0.4 is 9.47 Å². The Morgan fingerprint density at radius 1 is 1.04 bits per heavy atom. The number of aryl methyl sites for hydroxylation is 1. The smallest absolute Gasteiger partial charge is 0.303 e. The highest BCUT2D eigenvalue weighted by molar-refractivity contribution is 5.68. The fourth-order valence-electron chi connectivity index (χ4n) is 9.27. The summed E-state index contributed by atoms with van der Waals surface area (Å²) in [5.74, 6) is 2.53. The van der Waals surface area contributed by atoms with E-state index in [1.54, 1.807) is 13.3 Å². The molecule has 0 bridgehead atoms. The van der Waals surface area contributed by atoms with Crippen LogP contribution in [0.3, 0.4) is 0 Å². The van der Waals surface area contributed by atoms with Crippen molar-refractivity contribution in [3.8, 4) is 11.5 Å². The van der Waals surface area contributed by atoms with Crippen molar-refractivity contribution in [2.24, 2.45) is 28.6 Å². The molecule has 4 aliphatic carbocycles. The number of rotatable bonds is 9. The normalized spacial score (nSPS) is 33.0. The van der Waals surface area contributed by atoms with Gasteiger partial charge in [-0.25, -0.2) is 4.98 Å². The highest BCUT2D eigenvalue weighted by Crippen LogP contribution is 2.66. The second kappa shape index (κ2) is 12.7. The Hall–Kier alpha value is -3.55. The molecular weight excluding hydrogens is 568 g/mol. The summed E-state index contributed by atoms with van der Waals surface area (Å²) in [6.45, 7) is 9.26. The Labute approximate surface area is 267 Å². The second-order valence-electron chi connectivity index (χ2n) is 14.1. The number of esters is 2. The Morgan fingerprint density at radius 3 is 2.60 bits per heavy atom. The van der Waals surface area contributed by atoms with Crippen LogP contribution in [0, 0.1) is 28.6 Å². The van der Waals surface area contributed by atoms with Crippen molar-refractivity contribution in [1.82, 2.24) is 9.55 Å². The quantitative estimate of drug-likeness (QED) is 0.168. The lowest BCUT2D eigenvalue weighted by Crippen LogP contribution is -2.51. The van der Waals surface area contributed by atoms with Crippen LogP contribution in [0.15, 0.2) is 54.1 Å². The molecule has 242 valence electrons. The molecule has 0 amide bonds. The predicted octanol–water partition coefficient (Wildman–Crippen LogP) is 7.18. The number of methoxy groups -OCH3 is 1. The molecule has 0 radical (unpaired) electrons. The molecule has 1 aromatic heterocycles. The molecule has 0 saturated heterocycles. The summed E-state index contributed by atoms with van der Waals surface area (Å²) in [4.78, 5) is 28.2. The van der Waals surface area contributed by atoms with Crippen LogP contribution in [0.4, 0.5) is 0 Å². The molecule has 2 aromatic rings. The number of carbonyl (C=O) groups excluding carboxylic acids is 2. The first-order valence-electron chi connectivity index (χ1n) is 16.6. The fraction of sp³-hybridized carbons (Fsp3) is 0.595. The van der Waals surface area contributed by atoms with Crippen molar-refractivity contribution >= 4 is 18.0 Å². The van der Waals surface area contributed by atoms with Crippen molar-refractivity contribution < 1.29 is 28.5 Å². The lowest BCUT2D eigenvalue weighted by Gasteiger charge is -2.57. The van der Waals surface area contributed by atoms with Crippen molar-refractivity contribution in [2.45, 2.75) is 97.8 Å². The van der Waals surface area contributed by atoms with Crippen LogP contribution in [-0.4, -0.2) is 47.4 Å². The van der Waals surface area contributed by atoms with Gasteiger partial charge in [0.05, 0.1) is 20.0 Å². The number of hydrogen-bond donors (Lipinski definition) is 0. The van der Waals surface area contributed by atoms with E-state index < -0.39 is 0 Å². The SMILES string of the molecule is COc1cc(/C=C2/C[C@H]3[C@@H]4CC=C5C[C@@H](OC(C)=O)CC[C@]5(C)[C@H]4CC[C@]3(C)C2OC(C)=O)ccc1OCCCn1ccnc1. The number of benzene rings is 1. The summed E-state index contributed by atoms with van der Waals surface area (Å²) >= 11 is 0. The van der Waals surface area contributed by atoms with Gasteiger partial charge in [-0.15, -0.1) is 0 Å². The molecule has 1 aromatic carbocycles.